The maximum atomic E-state index is 12.4. The summed E-state index contributed by atoms with van der Waals surface area (Å²) in [6.07, 6.45) is 0.0789. The molecule has 2 heterocycles. The topological polar surface area (TPSA) is 115 Å². The lowest BCUT2D eigenvalue weighted by molar-refractivity contribution is -0.115. The van der Waals surface area contributed by atoms with Crippen molar-refractivity contribution in [1.82, 2.24) is 24.7 Å². The van der Waals surface area contributed by atoms with Crippen LogP contribution in [0.2, 0.25) is 0 Å². The van der Waals surface area contributed by atoms with Crippen molar-refractivity contribution in [2.24, 2.45) is 7.05 Å². The van der Waals surface area contributed by atoms with Gasteiger partial charge in [-0.3, -0.25) is 9.59 Å². The molecule has 0 saturated heterocycles. The molecule has 1 amide bonds. The number of carbonyl (C=O) groups is 1. The van der Waals surface area contributed by atoms with Crippen molar-refractivity contribution in [2.75, 3.05) is 12.4 Å². The fourth-order valence-electron chi connectivity index (χ4n) is 3.14. The van der Waals surface area contributed by atoms with E-state index in [1.54, 1.807) is 42.0 Å². The van der Waals surface area contributed by atoms with Crippen molar-refractivity contribution in [3.8, 4) is 5.75 Å². The number of hydrogen-bond acceptors (Lipinski definition) is 7. The van der Waals surface area contributed by atoms with Crippen LogP contribution in [0, 0.1) is 0 Å². The van der Waals surface area contributed by atoms with E-state index in [0.717, 1.165) is 0 Å². The van der Waals surface area contributed by atoms with Gasteiger partial charge in [0.25, 0.3) is 5.56 Å². The van der Waals surface area contributed by atoms with E-state index in [4.69, 9.17) is 4.74 Å². The van der Waals surface area contributed by atoms with Gasteiger partial charge in [0, 0.05) is 12.7 Å². The molecular formula is C22H22N6O3S. The minimum atomic E-state index is -0.198. The highest BCUT2D eigenvalue weighted by molar-refractivity contribution is 7.99. The van der Waals surface area contributed by atoms with Crippen LogP contribution in [0.1, 0.15) is 23.8 Å². The lowest BCUT2D eigenvalue weighted by Gasteiger charge is -2.11. The predicted molar refractivity (Wildman–Crippen MR) is 123 cm³/mol. The van der Waals surface area contributed by atoms with Gasteiger partial charge in [-0.05, 0) is 43.3 Å². The highest BCUT2D eigenvalue weighted by atomic mass is 32.2. The third-order valence-electron chi connectivity index (χ3n) is 4.92. The number of ether oxygens (including phenoxy) is 1. The van der Waals surface area contributed by atoms with Gasteiger partial charge in [-0.1, -0.05) is 23.9 Å². The summed E-state index contributed by atoms with van der Waals surface area (Å²) < 4.78 is 6.89. The molecule has 0 spiro atoms. The van der Waals surface area contributed by atoms with E-state index < -0.39 is 0 Å². The van der Waals surface area contributed by atoms with Crippen LogP contribution < -0.4 is 15.6 Å². The first kappa shape index (κ1) is 21.6. The molecule has 4 aromatic rings. The molecule has 32 heavy (non-hydrogen) atoms. The van der Waals surface area contributed by atoms with E-state index in [-0.39, 0.29) is 23.1 Å². The van der Waals surface area contributed by atoms with Gasteiger partial charge in [0.2, 0.25) is 5.91 Å². The second-order valence-corrected chi connectivity index (χ2v) is 8.45. The second kappa shape index (κ2) is 9.23. The molecule has 2 N–H and O–H groups in total. The Labute approximate surface area is 188 Å². The highest BCUT2D eigenvalue weighted by Gasteiger charge is 2.18. The number of rotatable bonds is 7. The fourth-order valence-corrected chi connectivity index (χ4v) is 4.03. The zero-order chi connectivity index (χ0) is 22.7. The Hall–Kier alpha value is -3.66. The fraction of sp³-hybridized carbons (Fsp3) is 0.227. The summed E-state index contributed by atoms with van der Waals surface area (Å²) in [5, 5.41) is 12.2. The lowest BCUT2D eigenvalue weighted by Crippen LogP contribution is -2.17. The molecule has 0 aliphatic heterocycles. The van der Waals surface area contributed by atoms with Crippen LogP contribution in [0.3, 0.4) is 0 Å². The van der Waals surface area contributed by atoms with E-state index in [2.05, 4.69) is 25.5 Å². The Bertz CT molecular complexity index is 1320. The molecule has 0 bridgehead atoms. The minimum absolute atomic E-state index is 0.0789. The predicted octanol–water partition coefficient (Wildman–Crippen LogP) is 3.09. The Morgan fingerprint density at radius 2 is 1.94 bits per heavy atom. The van der Waals surface area contributed by atoms with Gasteiger partial charge in [-0.2, -0.15) is 0 Å². The molecule has 10 heteroatoms. The summed E-state index contributed by atoms with van der Waals surface area (Å²) in [6, 6.07) is 14.3. The van der Waals surface area contributed by atoms with Crippen LogP contribution in [-0.4, -0.2) is 37.7 Å². The van der Waals surface area contributed by atoms with Crippen LogP contribution >= 0.6 is 11.8 Å². The third kappa shape index (κ3) is 4.65. The number of benzene rings is 2. The molecule has 0 unspecified atom stereocenters. The average molecular weight is 451 g/mol. The van der Waals surface area contributed by atoms with Crippen LogP contribution in [0.25, 0.3) is 10.9 Å². The normalized spacial score (nSPS) is 12.0. The first-order valence-electron chi connectivity index (χ1n) is 9.92. The number of aromatic nitrogens is 5. The van der Waals surface area contributed by atoms with E-state index in [1.165, 1.54) is 11.8 Å². The maximum absolute atomic E-state index is 12.4. The van der Waals surface area contributed by atoms with E-state index in [1.807, 2.05) is 32.2 Å². The van der Waals surface area contributed by atoms with Crippen molar-refractivity contribution in [1.29, 1.82) is 0 Å². The smallest absolute Gasteiger partial charge is 0.258 e. The third-order valence-corrected chi connectivity index (χ3v) is 6.06. The van der Waals surface area contributed by atoms with Gasteiger partial charge in [-0.25, -0.2) is 4.98 Å². The standard InChI is InChI=1S/C22H22N6O3S/c1-13(20-24-17-7-5-4-6-16(17)21(30)25-20)32-22-27-26-18(28(22)2)12-19(29)23-14-8-10-15(31-3)11-9-14/h4-11,13H,12H2,1-3H3,(H,23,29)(H,24,25,30)/t13-/m1/s1. The van der Waals surface area contributed by atoms with Crippen molar-refractivity contribution >= 4 is 34.3 Å². The number of thioether (sulfide) groups is 1. The molecule has 0 aliphatic rings. The van der Waals surface area contributed by atoms with Crippen molar-refractivity contribution in [3.05, 3.63) is 70.5 Å². The number of H-pyrrole nitrogens is 1. The van der Waals surface area contributed by atoms with Crippen LogP contribution in [0.4, 0.5) is 5.69 Å². The molecule has 0 aliphatic carbocycles. The van der Waals surface area contributed by atoms with Crippen molar-refractivity contribution in [2.45, 2.75) is 23.8 Å². The quantitative estimate of drug-likeness (QED) is 0.416. The molecule has 4 rings (SSSR count). The summed E-state index contributed by atoms with van der Waals surface area (Å²) in [7, 11) is 3.40. The monoisotopic (exact) mass is 450 g/mol. The Morgan fingerprint density at radius 1 is 1.19 bits per heavy atom. The van der Waals surface area contributed by atoms with Crippen molar-refractivity contribution < 1.29 is 9.53 Å². The number of aromatic amines is 1. The number of para-hydroxylation sites is 1. The number of fused-ring (bicyclic) bond motifs is 1. The number of hydrogen-bond donors (Lipinski definition) is 2. The van der Waals surface area contributed by atoms with E-state index in [0.29, 0.717) is 39.1 Å². The van der Waals surface area contributed by atoms with Gasteiger partial charge in [0.1, 0.15) is 17.4 Å². The minimum Gasteiger partial charge on any atom is -0.497 e. The molecule has 2 aromatic carbocycles. The Balaban J connectivity index is 1.44. The first-order chi connectivity index (χ1) is 15.4. The van der Waals surface area contributed by atoms with Gasteiger partial charge in [0.05, 0.1) is 29.7 Å². The van der Waals surface area contributed by atoms with Gasteiger partial charge in [0.15, 0.2) is 5.16 Å². The molecule has 0 fully saturated rings. The van der Waals surface area contributed by atoms with Gasteiger partial charge < -0.3 is 19.6 Å². The van der Waals surface area contributed by atoms with Gasteiger partial charge in [-0.15, -0.1) is 10.2 Å². The maximum Gasteiger partial charge on any atom is 0.258 e. The largest absolute Gasteiger partial charge is 0.497 e. The zero-order valence-corrected chi connectivity index (χ0v) is 18.6. The Kier molecular flexibility index (Phi) is 6.22. The Morgan fingerprint density at radius 3 is 2.69 bits per heavy atom. The zero-order valence-electron chi connectivity index (χ0n) is 17.8. The highest BCUT2D eigenvalue weighted by Crippen LogP contribution is 2.32. The van der Waals surface area contributed by atoms with E-state index in [9.17, 15) is 9.59 Å². The number of nitrogens with one attached hydrogen (secondary N) is 2. The number of anilines is 1. The number of carbonyl (C=O) groups excluding carboxylic acids is 1. The summed E-state index contributed by atoms with van der Waals surface area (Å²) in [5.74, 6) is 1.61. The van der Waals surface area contributed by atoms with Crippen molar-refractivity contribution in [3.63, 3.8) is 0 Å². The number of amides is 1. The molecule has 0 saturated carbocycles. The SMILES string of the molecule is COc1ccc(NC(=O)Cc2nnc(S[C@H](C)c3nc4ccccc4c(=O)[nH]3)n2C)cc1. The first-order valence-corrected chi connectivity index (χ1v) is 10.8. The molecule has 0 radical (unpaired) electrons. The van der Waals surface area contributed by atoms with Crippen LogP contribution in [0.5, 0.6) is 5.75 Å². The second-order valence-electron chi connectivity index (χ2n) is 7.14. The summed E-state index contributed by atoms with van der Waals surface area (Å²) in [5.41, 5.74) is 1.15. The van der Waals surface area contributed by atoms with E-state index >= 15 is 0 Å². The molecule has 2 aromatic heterocycles. The van der Waals surface area contributed by atoms with Crippen LogP contribution in [0.15, 0.2) is 58.5 Å². The molecular weight excluding hydrogens is 428 g/mol. The van der Waals surface area contributed by atoms with Gasteiger partial charge >= 0.3 is 0 Å². The summed E-state index contributed by atoms with van der Waals surface area (Å²) in [6.45, 7) is 1.93. The number of methoxy groups -OCH3 is 1. The molecule has 1 atom stereocenters. The number of nitrogens with zero attached hydrogens (tertiary/aromatic N) is 4. The molecule has 164 valence electrons. The average Bonchev–Trinajstić information content (AvgIpc) is 3.13. The van der Waals surface area contributed by atoms with Crippen LogP contribution in [-0.2, 0) is 18.3 Å². The summed E-state index contributed by atoms with van der Waals surface area (Å²) in [4.78, 5) is 32.2. The summed E-state index contributed by atoms with van der Waals surface area (Å²) >= 11 is 1.41. The lowest BCUT2D eigenvalue weighted by atomic mass is 10.2. The molecule has 9 nitrogen and oxygen atoms in total.